The fourth-order valence-electron chi connectivity index (χ4n) is 2.46. The van der Waals surface area contributed by atoms with Crippen LogP contribution >= 0.6 is 0 Å². The summed E-state index contributed by atoms with van der Waals surface area (Å²) in [5.74, 6) is 0.542. The van der Waals surface area contributed by atoms with E-state index in [9.17, 15) is 9.59 Å². The molecule has 1 aromatic carbocycles. The molecule has 1 unspecified atom stereocenters. The first-order chi connectivity index (χ1) is 11.7. The summed E-state index contributed by atoms with van der Waals surface area (Å²) in [4.78, 5) is 25.6. The molecule has 2 heterocycles. The Morgan fingerprint density at radius 1 is 1.33 bits per heavy atom. The van der Waals surface area contributed by atoms with Crippen LogP contribution in [0.15, 0.2) is 47.1 Å². The molecule has 24 heavy (non-hydrogen) atoms. The third-order valence-electron chi connectivity index (χ3n) is 3.75. The highest BCUT2D eigenvalue weighted by Crippen LogP contribution is 2.22. The van der Waals surface area contributed by atoms with Gasteiger partial charge in [0.25, 0.3) is 11.8 Å². The number of ether oxygens (including phenoxy) is 2. The minimum Gasteiger partial charge on any atom is -0.497 e. The average molecular weight is 330 g/mol. The van der Waals surface area contributed by atoms with Gasteiger partial charge < -0.3 is 24.1 Å². The molecule has 1 aromatic heterocycles. The monoisotopic (exact) mass is 330 g/mol. The molecule has 0 bridgehead atoms. The Hall–Kier alpha value is -2.80. The predicted molar refractivity (Wildman–Crippen MR) is 86.1 cm³/mol. The molecule has 1 fully saturated rings. The quantitative estimate of drug-likeness (QED) is 0.897. The van der Waals surface area contributed by atoms with Crippen LogP contribution in [0.4, 0.5) is 5.69 Å². The Morgan fingerprint density at radius 3 is 2.79 bits per heavy atom. The minimum absolute atomic E-state index is 0.0205. The molecule has 1 N–H and O–H groups in total. The zero-order chi connectivity index (χ0) is 16.9. The molecule has 0 saturated carbocycles. The number of furan rings is 1. The summed E-state index contributed by atoms with van der Waals surface area (Å²) in [6.07, 6.45) is 1.15. The second kappa shape index (κ2) is 7.18. The second-order valence-electron chi connectivity index (χ2n) is 5.32. The molecule has 2 amide bonds. The van der Waals surface area contributed by atoms with Gasteiger partial charge in [0.1, 0.15) is 12.4 Å². The van der Waals surface area contributed by atoms with Crippen LogP contribution in [0.3, 0.4) is 0 Å². The van der Waals surface area contributed by atoms with E-state index in [0.29, 0.717) is 13.1 Å². The molecule has 1 saturated heterocycles. The van der Waals surface area contributed by atoms with Crippen molar-refractivity contribution in [1.29, 1.82) is 0 Å². The van der Waals surface area contributed by atoms with E-state index in [2.05, 4.69) is 5.32 Å². The summed E-state index contributed by atoms with van der Waals surface area (Å²) in [7, 11) is 1.59. The van der Waals surface area contributed by atoms with Gasteiger partial charge in [-0.15, -0.1) is 0 Å². The molecule has 126 valence electrons. The zero-order valence-corrected chi connectivity index (χ0v) is 13.2. The van der Waals surface area contributed by atoms with Crippen LogP contribution in [-0.2, 0) is 9.53 Å². The van der Waals surface area contributed by atoms with Crippen LogP contribution in [0.5, 0.6) is 5.75 Å². The molecule has 0 spiro atoms. The molecule has 0 aliphatic carbocycles. The number of carbonyl (C=O) groups is 2. The Morgan fingerprint density at radius 2 is 2.12 bits per heavy atom. The normalized spacial score (nSPS) is 17.6. The first-order valence-corrected chi connectivity index (χ1v) is 7.55. The number of nitrogens with one attached hydrogen (secondary N) is 1. The van der Waals surface area contributed by atoms with Crippen molar-refractivity contribution >= 4 is 17.5 Å². The maximum atomic E-state index is 12.1. The van der Waals surface area contributed by atoms with Crippen molar-refractivity contribution in [2.24, 2.45) is 0 Å². The third kappa shape index (κ3) is 3.57. The number of benzene rings is 1. The maximum absolute atomic E-state index is 12.1. The number of hydrogen-bond donors (Lipinski definition) is 1. The number of methoxy groups -OCH3 is 1. The Bertz CT molecular complexity index is 696. The Kier molecular flexibility index (Phi) is 4.81. The van der Waals surface area contributed by atoms with E-state index in [4.69, 9.17) is 13.9 Å². The molecule has 0 radical (unpaired) electrons. The van der Waals surface area contributed by atoms with Gasteiger partial charge in [-0.1, -0.05) is 0 Å². The number of morpholine rings is 1. The summed E-state index contributed by atoms with van der Waals surface area (Å²) >= 11 is 0. The fraction of sp³-hybridized carbons (Fsp3) is 0.294. The molecule has 1 aliphatic rings. The van der Waals surface area contributed by atoms with Gasteiger partial charge in [0.15, 0.2) is 5.76 Å². The molecule has 7 heteroatoms. The molecular formula is C17H18N2O5. The highest BCUT2D eigenvalue weighted by molar-refractivity contribution is 5.95. The zero-order valence-electron chi connectivity index (χ0n) is 13.2. The molecule has 7 nitrogen and oxygen atoms in total. The van der Waals surface area contributed by atoms with E-state index in [1.807, 2.05) is 12.1 Å². The first-order valence-electron chi connectivity index (χ1n) is 7.55. The third-order valence-corrected chi connectivity index (χ3v) is 3.75. The van der Waals surface area contributed by atoms with Crippen molar-refractivity contribution < 1.29 is 23.5 Å². The van der Waals surface area contributed by atoms with E-state index in [1.54, 1.807) is 36.3 Å². The number of nitrogens with zero attached hydrogens (tertiary/aromatic N) is 1. The van der Waals surface area contributed by atoms with E-state index in [-0.39, 0.29) is 30.3 Å². The second-order valence-corrected chi connectivity index (χ2v) is 5.32. The number of hydrogen-bond acceptors (Lipinski definition) is 5. The maximum Gasteiger partial charge on any atom is 0.287 e. The summed E-state index contributed by atoms with van der Waals surface area (Å²) in [6.45, 7) is 0.635. The van der Waals surface area contributed by atoms with Crippen molar-refractivity contribution in [3.05, 3.63) is 48.4 Å². The van der Waals surface area contributed by atoms with Crippen LogP contribution in [0, 0.1) is 0 Å². The smallest absolute Gasteiger partial charge is 0.287 e. The minimum atomic E-state index is -0.309. The summed E-state index contributed by atoms with van der Waals surface area (Å²) < 4.78 is 15.6. The van der Waals surface area contributed by atoms with Crippen LogP contribution in [-0.4, -0.2) is 44.7 Å². The van der Waals surface area contributed by atoms with Gasteiger partial charge in [-0.2, -0.15) is 0 Å². The van der Waals surface area contributed by atoms with Gasteiger partial charge in [0.2, 0.25) is 0 Å². The van der Waals surface area contributed by atoms with E-state index in [0.717, 1.165) is 11.4 Å². The number of anilines is 1. The fourth-order valence-corrected chi connectivity index (χ4v) is 2.46. The van der Waals surface area contributed by atoms with Crippen molar-refractivity contribution in [1.82, 2.24) is 5.32 Å². The van der Waals surface area contributed by atoms with Gasteiger partial charge >= 0.3 is 0 Å². The number of amides is 2. The van der Waals surface area contributed by atoms with Gasteiger partial charge in [-0.25, -0.2) is 0 Å². The van der Waals surface area contributed by atoms with Crippen LogP contribution in [0.2, 0.25) is 0 Å². The van der Waals surface area contributed by atoms with Crippen LogP contribution in [0.1, 0.15) is 10.6 Å². The number of rotatable bonds is 5. The van der Waals surface area contributed by atoms with E-state index >= 15 is 0 Å². The Balaban J connectivity index is 1.60. The summed E-state index contributed by atoms with van der Waals surface area (Å²) in [5, 5.41) is 2.74. The molecule has 2 aromatic rings. The molecule has 1 aliphatic heterocycles. The molecule has 3 rings (SSSR count). The lowest BCUT2D eigenvalue weighted by molar-refractivity contribution is -0.129. The first kappa shape index (κ1) is 16.1. The molecule has 1 atom stereocenters. The van der Waals surface area contributed by atoms with Crippen molar-refractivity contribution in [3.63, 3.8) is 0 Å². The SMILES string of the molecule is COc1ccc(N2CC(CNC(=O)c3ccco3)OCC2=O)cc1. The van der Waals surface area contributed by atoms with Crippen molar-refractivity contribution in [2.75, 3.05) is 31.7 Å². The van der Waals surface area contributed by atoms with Crippen LogP contribution in [0.25, 0.3) is 0 Å². The largest absolute Gasteiger partial charge is 0.497 e. The van der Waals surface area contributed by atoms with Crippen molar-refractivity contribution in [3.8, 4) is 5.75 Å². The highest BCUT2D eigenvalue weighted by atomic mass is 16.5. The topological polar surface area (TPSA) is 81.0 Å². The van der Waals surface area contributed by atoms with E-state index in [1.165, 1.54) is 6.26 Å². The Labute approximate surface area is 139 Å². The van der Waals surface area contributed by atoms with Crippen molar-refractivity contribution in [2.45, 2.75) is 6.10 Å². The van der Waals surface area contributed by atoms with Gasteiger partial charge in [0.05, 0.1) is 26.0 Å². The predicted octanol–water partition coefficient (Wildman–Crippen LogP) is 1.45. The summed E-state index contributed by atoms with van der Waals surface area (Å²) in [6, 6.07) is 10.5. The highest BCUT2D eigenvalue weighted by Gasteiger charge is 2.28. The van der Waals surface area contributed by atoms with Gasteiger partial charge in [0, 0.05) is 12.2 Å². The number of carbonyl (C=O) groups excluding carboxylic acids is 2. The van der Waals surface area contributed by atoms with E-state index < -0.39 is 0 Å². The lowest BCUT2D eigenvalue weighted by Gasteiger charge is -2.32. The summed E-state index contributed by atoms with van der Waals surface area (Å²) in [5.41, 5.74) is 0.770. The lowest BCUT2D eigenvalue weighted by atomic mass is 10.2. The van der Waals surface area contributed by atoms with Gasteiger partial charge in [-0.3, -0.25) is 9.59 Å². The standard InChI is InChI=1S/C17H18N2O5/c1-22-13-6-4-12(5-7-13)19-10-14(24-11-16(19)20)9-18-17(21)15-3-2-8-23-15/h2-8,14H,9-11H2,1H3,(H,18,21). The average Bonchev–Trinajstić information content (AvgIpc) is 3.15. The lowest BCUT2D eigenvalue weighted by Crippen LogP contribution is -2.50. The van der Waals surface area contributed by atoms with Gasteiger partial charge in [-0.05, 0) is 36.4 Å². The van der Waals surface area contributed by atoms with Crippen LogP contribution < -0.4 is 15.0 Å². The molecular weight excluding hydrogens is 312 g/mol.